The van der Waals surface area contributed by atoms with E-state index in [-0.39, 0.29) is 25.7 Å². The van der Waals surface area contributed by atoms with Crippen LogP contribution in [0.5, 0.6) is 0 Å². The highest BCUT2D eigenvalue weighted by Crippen LogP contribution is 2.25. The number of nitrogens with two attached hydrogens (primary N) is 1. The van der Waals surface area contributed by atoms with Crippen LogP contribution < -0.4 is 11.1 Å². The van der Waals surface area contributed by atoms with Crippen LogP contribution in [0.4, 0.5) is 4.79 Å². The molecule has 5 rings (SSSR count). The first-order valence-corrected chi connectivity index (χ1v) is 14.0. The minimum atomic E-state index is -1.08. The highest BCUT2D eigenvalue weighted by atomic mass is 16.6. The molecule has 0 aliphatic carbocycles. The lowest BCUT2D eigenvalue weighted by Crippen LogP contribution is -2.51. The molecule has 0 fully saturated rings. The predicted molar refractivity (Wildman–Crippen MR) is 158 cm³/mol. The van der Waals surface area contributed by atoms with E-state index in [1.807, 2.05) is 89.5 Å². The molecule has 2 amide bonds. The second kappa shape index (κ2) is 13.0. The summed E-state index contributed by atoms with van der Waals surface area (Å²) in [5.41, 5.74) is 9.00. The molecule has 0 saturated heterocycles. The Hall–Kier alpha value is -4.54. The third kappa shape index (κ3) is 7.02. The van der Waals surface area contributed by atoms with Crippen LogP contribution in [0.25, 0.3) is 11.1 Å². The Kier molecular flexibility index (Phi) is 8.94. The summed E-state index contributed by atoms with van der Waals surface area (Å²) in [6.07, 6.45) is -0.422. The fourth-order valence-electron chi connectivity index (χ4n) is 4.76. The zero-order valence-corrected chi connectivity index (χ0v) is 23.9. The molecule has 0 saturated carbocycles. The Balaban J connectivity index is 1.25. The molecule has 0 bridgehead atoms. The Morgan fingerprint density at radius 1 is 0.929 bits per heavy atom. The Labute approximate surface area is 245 Å². The van der Waals surface area contributed by atoms with Crippen molar-refractivity contribution in [3.05, 3.63) is 108 Å². The molecule has 10 heteroatoms. The highest BCUT2D eigenvalue weighted by molar-refractivity contribution is 5.85. The number of ether oxygens (including phenoxy) is 2. The van der Waals surface area contributed by atoms with E-state index in [0.29, 0.717) is 31.3 Å². The predicted octanol–water partition coefficient (Wildman–Crippen LogP) is 4.21. The van der Waals surface area contributed by atoms with Gasteiger partial charge in [-0.15, -0.1) is 10.2 Å². The van der Waals surface area contributed by atoms with Crippen molar-refractivity contribution in [2.75, 3.05) is 13.2 Å². The van der Waals surface area contributed by atoms with Gasteiger partial charge in [0.1, 0.15) is 12.6 Å². The van der Waals surface area contributed by atoms with E-state index in [1.165, 1.54) is 0 Å². The first kappa shape index (κ1) is 29.0. The maximum absolute atomic E-state index is 13.1. The van der Waals surface area contributed by atoms with E-state index in [4.69, 9.17) is 15.2 Å². The van der Waals surface area contributed by atoms with Crippen LogP contribution in [0.15, 0.2) is 84.9 Å². The molecule has 0 radical (unpaired) electrons. The third-order valence-electron chi connectivity index (χ3n) is 7.09. The number of hydrogen-bond acceptors (Lipinski definition) is 7. The van der Waals surface area contributed by atoms with Crippen LogP contribution in [0, 0.1) is 0 Å². The zero-order valence-electron chi connectivity index (χ0n) is 23.9. The zero-order chi connectivity index (χ0) is 29.5. The lowest BCUT2D eigenvalue weighted by molar-refractivity contribution is -0.126. The van der Waals surface area contributed by atoms with Crippen LogP contribution in [0.2, 0.25) is 0 Å². The molecule has 1 aliphatic heterocycles. The molecule has 0 spiro atoms. The smallest absolute Gasteiger partial charge is 0.410 e. The quantitative estimate of drug-likeness (QED) is 0.294. The van der Waals surface area contributed by atoms with Crippen LogP contribution in [-0.2, 0) is 40.6 Å². The average Bonchev–Trinajstić information content (AvgIpc) is 3.43. The van der Waals surface area contributed by atoms with E-state index in [9.17, 15) is 9.59 Å². The summed E-state index contributed by atoms with van der Waals surface area (Å²) < 4.78 is 13.6. The first-order chi connectivity index (χ1) is 20.3. The fraction of sp³-hybridized carbons (Fsp3) is 0.312. The number of nitrogens with one attached hydrogen (secondary N) is 1. The minimum absolute atomic E-state index is 0.153. The maximum atomic E-state index is 13.1. The van der Waals surface area contributed by atoms with Gasteiger partial charge in [0.15, 0.2) is 11.6 Å². The van der Waals surface area contributed by atoms with Crippen LogP contribution in [0.3, 0.4) is 0 Å². The van der Waals surface area contributed by atoms with Crippen molar-refractivity contribution in [3.63, 3.8) is 0 Å². The number of carbonyl (C=O) groups excluding carboxylic acids is 2. The second-order valence-corrected chi connectivity index (χ2v) is 10.9. The van der Waals surface area contributed by atoms with Gasteiger partial charge in [0.05, 0.1) is 25.3 Å². The van der Waals surface area contributed by atoms with Crippen molar-refractivity contribution >= 4 is 12.0 Å². The van der Waals surface area contributed by atoms with Crippen LogP contribution in [-0.4, -0.2) is 50.4 Å². The molecule has 1 aromatic heterocycles. The lowest BCUT2D eigenvalue weighted by atomic mass is 10.0. The molecule has 1 atom stereocenters. The number of benzene rings is 3. The molecule has 2 heterocycles. The highest BCUT2D eigenvalue weighted by Gasteiger charge is 2.32. The van der Waals surface area contributed by atoms with Crippen molar-refractivity contribution < 1.29 is 19.1 Å². The summed E-state index contributed by atoms with van der Waals surface area (Å²) in [7, 11) is 0. The van der Waals surface area contributed by atoms with Gasteiger partial charge >= 0.3 is 6.09 Å². The van der Waals surface area contributed by atoms with Crippen molar-refractivity contribution in [2.24, 2.45) is 5.73 Å². The van der Waals surface area contributed by atoms with Gasteiger partial charge in [0, 0.05) is 13.1 Å². The van der Waals surface area contributed by atoms with E-state index in [0.717, 1.165) is 22.3 Å². The summed E-state index contributed by atoms with van der Waals surface area (Å²) in [5.74, 6) is 0.831. The molecule has 4 aromatic rings. The number of carbonyl (C=O) groups is 2. The van der Waals surface area contributed by atoms with E-state index in [1.54, 1.807) is 18.7 Å². The van der Waals surface area contributed by atoms with E-state index >= 15 is 0 Å². The van der Waals surface area contributed by atoms with Crippen LogP contribution in [0.1, 0.15) is 42.7 Å². The number of hydrogen-bond donors (Lipinski definition) is 2. The molecule has 3 aromatic carbocycles. The summed E-state index contributed by atoms with van der Waals surface area (Å²) >= 11 is 0. The molecule has 1 aliphatic rings. The Morgan fingerprint density at radius 3 is 2.36 bits per heavy atom. The van der Waals surface area contributed by atoms with Gasteiger partial charge in [-0.2, -0.15) is 0 Å². The van der Waals surface area contributed by atoms with E-state index < -0.39 is 17.7 Å². The molecule has 0 unspecified atom stereocenters. The summed E-state index contributed by atoms with van der Waals surface area (Å²) in [6.45, 7) is 5.10. The summed E-state index contributed by atoms with van der Waals surface area (Å²) in [5, 5.41) is 11.7. The second-order valence-electron chi connectivity index (χ2n) is 10.9. The van der Waals surface area contributed by atoms with Gasteiger partial charge in [-0.05, 0) is 36.1 Å². The monoisotopic (exact) mass is 568 g/mol. The largest absolute Gasteiger partial charge is 0.445 e. The molecule has 218 valence electrons. The number of rotatable bonds is 10. The molecule has 3 N–H and O–H groups in total. The van der Waals surface area contributed by atoms with Crippen molar-refractivity contribution in [3.8, 4) is 11.1 Å². The minimum Gasteiger partial charge on any atom is -0.445 e. The van der Waals surface area contributed by atoms with Crippen LogP contribution >= 0.6 is 0 Å². The molecule has 10 nitrogen and oxygen atoms in total. The Morgan fingerprint density at radius 2 is 1.62 bits per heavy atom. The number of amides is 2. The maximum Gasteiger partial charge on any atom is 0.410 e. The van der Waals surface area contributed by atoms with Crippen molar-refractivity contribution in [1.82, 2.24) is 25.0 Å². The van der Waals surface area contributed by atoms with Gasteiger partial charge in [-0.1, -0.05) is 84.9 Å². The van der Waals surface area contributed by atoms with Crippen molar-refractivity contribution in [1.29, 1.82) is 0 Å². The average molecular weight is 569 g/mol. The van der Waals surface area contributed by atoms with Gasteiger partial charge in [-0.25, -0.2) is 4.79 Å². The molecular formula is C32H36N6O4. The van der Waals surface area contributed by atoms with Gasteiger partial charge in [0.2, 0.25) is 5.91 Å². The summed E-state index contributed by atoms with van der Waals surface area (Å²) in [6, 6.07) is 27.1. The van der Waals surface area contributed by atoms with E-state index in [2.05, 4.69) is 15.5 Å². The summed E-state index contributed by atoms with van der Waals surface area (Å²) in [4.78, 5) is 27.5. The number of nitrogens with zero attached hydrogens (tertiary/aromatic N) is 4. The standard InChI is InChI=1S/C32H36N6O4/c1-32(2,33)30(39)34-27(22-41-20-23-11-5-3-6-12-23)29-36-35-28-19-37(17-18-38(28)29)31(40)42-21-25-15-9-10-16-26(25)24-13-7-4-8-14-24/h3-16,27H,17-22,33H2,1-2H3,(H,34,39)/t27-/m1/s1. The lowest BCUT2D eigenvalue weighted by Gasteiger charge is -2.29. The number of aromatic nitrogens is 3. The molecule has 42 heavy (non-hydrogen) atoms. The fourth-order valence-corrected chi connectivity index (χ4v) is 4.76. The molecular weight excluding hydrogens is 532 g/mol. The topological polar surface area (TPSA) is 125 Å². The SMILES string of the molecule is CC(C)(N)C(=O)N[C@H](COCc1ccccc1)c1nnc2n1CCN(C(=O)OCc1ccccc1-c1ccccc1)C2. The number of fused-ring (bicyclic) bond motifs is 1. The first-order valence-electron chi connectivity index (χ1n) is 14.0. The van der Waals surface area contributed by atoms with Gasteiger partial charge in [0.25, 0.3) is 0 Å². The Bertz CT molecular complexity index is 1500. The van der Waals surface area contributed by atoms with Crippen molar-refractivity contribution in [2.45, 2.75) is 51.7 Å². The van der Waals surface area contributed by atoms with Gasteiger partial charge in [-0.3, -0.25) is 9.69 Å². The van der Waals surface area contributed by atoms with Gasteiger partial charge < -0.3 is 25.1 Å². The normalized spacial score (nSPS) is 13.7. The third-order valence-corrected chi connectivity index (χ3v) is 7.09.